The van der Waals surface area contributed by atoms with E-state index in [0.29, 0.717) is 45.9 Å². The van der Waals surface area contributed by atoms with E-state index in [1.165, 1.54) is 32.4 Å². The Morgan fingerprint density at radius 2 is 1.64 bits per heavy atom. The summed E-state index contributed by atoms with van der Waals surface area (Å²) in [6.07, 6.45) is 8.87. The number of rotatable bonds is 8. The average molecular weight is 643 g/mol. The third-order valence-electron chi connectivity index (χ3n) is 7.28. The number of benzene rings is 3. The van der Waals surface area contributed by atoms with Gasteiger partial charge in [0.25, 0.3) is 0 Å². The van der Waals surface area contributed by atoms with Crippen LogP contribution in [-0.2, 0) is 11.2 Å². The van der Waals surface area contributed by atoms with Gasteiger partial charge in [0.1, 0.15) is 39.5 Å². The summed E-state index contributed by atoms with van der Waals surface area (Å²) in [6.45, 7) is 7.89. The molecule has 5 rings (SSSR count). The number of carbonyl (C=O) groups is 1. The number of phenols is 1. The second-order valence-corrected chi connectivity index (χ2v) is 11.4. The number of fused-ring (bicyclic) bond motifs is 3. The molecular formula is C37H38O10. The molecule has 0 aliphatic carbocycles. The molecule has 2 heterocycles. The van der Waals surface area contributed by atoms with Gasteiger partial charge in [-0.05, 0) is 87.7 Å². The van der Waals surface area contributed by atoms with Crippen molar-refractivity contribution in [2.24, 2.45) is 0 Å². The van der Waals surface area contributed by atoms with Crippen molar-refractivity contribution in [1.82, 2.24) is 0 Å². The van der Waals surface area contributed by atoms with Crippen molar-refractivity contribution >= 4 is 29.1 Å². The van der Waals surface area contributed by atoms with Gasteiger partial charge in [-0.1, -0.05) is 29.8 Å². The number of hydrogen-bond acceptors (Lipinski definition) is 9. The smallest absolute Gasteiger partial charge is 0.348 e. The second kappa shape index (κ2) is 14.2. The monoisotopic (exact) mass is 642 g/mol. The van der Waals surface area contributed by atoms with Gasteiger partial charge in [-0.3, -0.25) is 0 Å². The van der Waals surface area contributed by atoms with Gasteiger partial charge in [0.05, 0.1) is 26.9 Å². The van der Waals surface area contributed by atoms with Crippen LogP contribution in [0.2, 0.25) is 0 Å². The van der Waals surface area contributed by atoms with Crippen molar-refractivity contribution in [2.75, 3.05) is 21.3 Å². The summed E-state index contributed by atoms with van der Waals surface area (Å²) in [5, 5.41) is 29.7. The quantitative estimate of drug-likeness (QED) is 0.101. The van der Waals surface area contributed by atoms with Gasteiger partial charge < -0.3 is 38.7 Å². The minimum atomic E-state index is -0.982. The topological polar surface area (TPSA) is 145 Å². The second-order valence-electron chi connectivity index (χ2n) is 11.4. The molecule has 3 N–H and O–H groups in total. The van der Waals surface area contributed by atoms with Gasteiger partial charge in [0.2, 0.25) is 0 Å². The Labute approximate surface area is 272 Å². The van der Waals surface area contributed by atoms with Gasteiger partial charge in [-0.15, -0.1) is 0 Å². The van der Waals surface area contributed by atoms with Crippen molar-refractivity contribution in [3.8, 4) is 45.6 Å². The Balaban J connectivity index is 0.000000280. The lowest BCUT2D eigenvalue weighted by Crippen LogP contribution is -2.28. The van der Waals surface area contributed by atoms with Crippen molar-refractivity contribution < 1.29 is 43.5 Å². The molecule has 10 nitrogen and oxygen atoms in total. The molecule has 0 fully saturated rings. The van der Waals surface area contributed by atoms with Gasteiger partial charge in [0, 0.05) is 11.6 Å². The van der Waals surface area contributed by atoms with Crippen LogP contribution in [0.1, 0.15) is 44.4 Å². The lowest BCUT2D eigenvalue weighted by Gasteiger charge is -2.31. The molecule has 0 amide bonds. The molecule has 1 aromatic heterocycles. The first-order valence-electron chi connectivity index (χ1n) is 14.7. The lowest BCUT2D eigenvalue weighted by molar-refractivity contribution is -0.131. The summed E-state index contributed by atoms with van der Waals surface area (Å²) in [4.78, 5) is 23.3. The molecule has 4 aromatic rings. The predicted octanol–water partition coefficient (Wildman–Crippen LogP) is 7.37. The fourth-order valence-corrected chi connectivity index (χ4v) is 5.02. The van der Waals surface area contributed by atoms with E-state index in [0.717, 1.165) is 22.8 Å². The first-order valence-corrected chi connectivity index (χ1v) is 14.7. The minimum absolute atomic E-state index is 0.00458. The molecular weight excluding hydrogens is 604 g/mol. The van der Waals surface area contributed by atoms with Crippen LogP contribution in [0.25, 0.3) is 34.2 Å². The third kappa shape index (κ3) is 7.61. The molecule has 0 spiro atoms. The van der Waals surface area contributed by atoms with Crippen molar-refractivity contribution in [1.29, 1.82) is 0 Å². The van der Waals surface area contributed by atoms with E-state index in [-0.39, 0.29) is 22.6 Å². The number of phenolic OH excluding ortho intramolecular Hbond substituents is 1. The first-order chi connectivity index (χ1) is 22.3. The SMILES string of the molecule is COc1c(CC=C(C)C)c2c(c3oc(=O)c(-c4ccc(O)cc4)c(O)c13)C=CC(C)(C)O2.COc1ccc(C=CC(=O)O)cc1OC. The Kier molecular flexibility index (Phi) is 10.3. The summed E-state index contributed by atoms with van der Waals surface area (Å²) in [7, 11) is 4.59. The van der Waals surface area contributed by atoms with E-state index in [1.807, 2.05) is 39.8 Å². The van der Waals surface area contributed by atoms with Gasteiger partial charge in [-0.2, -0.15) is 0 Å². The van der Waals surface area contributed by atoms with Crippen molar-refractivity contribution in [3.05, 3.63) is 93.4 Å². The maximum Gasteiger partial charge on any atom is 0.348 e. The van der Waals surface area contributed by atoms with Crippen LogP contribution < -0.4 is 24.6 Å². The van der Waals surface area contributed by atoms with Crippen LogP contribution in [0.15, 0.2) is 75.5 Å². The number of allylic oxidation sites excluding steroid dienone is 2. The summed E-state index contributed by atoms with van der Waals surface area (Å²) < 4.78 is 27.9. The van der Waals surface area contributed by atoms with E-state index in [9.17, 15) is 19.8 Å². The number of hydrogen-bond donors (Lipinski definition) is 3. The van der Waals surface area contributed by atoms with Crippen LogP contribution >= 0.6 is 0 Å². The van der Waals surface area contributed by atoms with Gasteiger partial charge >= 0.3 is 11.6 Å². The molecule has 10 heteroatoms. The van der Waals surface area contributed by atoms with Crippen LogP contribution in [0.4, 0.5) is 0 Å². The van der Waals surface area contributed by atoms with Crippen LogP contribution in [0.3, 0.4) is 0 Å². The number of carboxylic acids is 1. The standard InChI is InChI=1S/C26H26O6.C11H12O4/c1-14(2)6-11-17-22-18(12-13-26(3,4)32-22)24-20(23(17)30-5)21(28)19(25(29)31-24)15-7-9-16(27)10-8-15;1-14-9-5-3-8(4-6-11(12)13)7-10(9)15-2/h6-10,12-13,27-28H,11H2,1-5H3;3-7H,1-2H3,(H,12,13). The van der Waals surface area contributed by atoms with E-state index in [4.69, 9.17) is 28.5 Å². The number of aromatic hydroxyl groups is 2. The maximum absolute atomic E-state index is 12.9. The molecule has 0 atom stereocenters. The fourth-order valence-electron chi connectivity index (χ4n) is 5.02. The third-order valence-corrected chi connectivity index (χ3v) is 7.28. The normalized spacial score (nSPS) is 12.8. The highest BCUT2D eigenvalue weighted by Crippen LogP contribution is 2.49. The van der Waals surface area contributed by atoms with E-state index < -0.39 is 17.2 Å². The van der Waals surface area contributed by atoms with E-state index >= 15 is 0 Å². The highest BCUT2D eigenvalue weighted by molar-refractivity contribution is 6.02. The largest absolute Gasteiger partial charge is 0.508 e. The zero-order valence-electron chi connectivity index (χ0n) is 27.3. The van der Waals surface area contributed by atoms with E-state index in [2.05, 4.69) is 6.08 Å². The van der Waals surface area contributed by atoms with Gasteiger partial charge in [-0.25, -0.2) is 9.59 Å². The van der Waals surface area contributed by atoms with Gasteiger partial charge in [0.15, 0.2) is 17.1 Å². The molecule has 0 bridgehead atoms. The molecule has 1 aliphatic rings. The lowest BCUT2D eigenvalue weighted by atomic mass is 9.93. The summed E-state index contributed by atoms with van der Waals surface area (Å²) in [5.74, 6) is 0.986. The maximum atomic E-state index is 12.9. The van der Waals surface area contributed by atoms with E-state index in [1.54, 1.807) is 37.4 Å². The molecule has 1 aliphatic heterocycles. The molecule has 3 aromatic carbocycles. The number of methoxy groups -OCH3 is 3. The minimum Gasteiger partial charge on any atom is -0.508 e. The molecule has 0 saturated heterocycles. The molecule has 47 heavy (non-hydrogen) atoms. The molecule has 0 unspecified atom stereocenters. The fraction of sp³-hybridized carbons (Fsp3) is 0.243. The highest BCUT2D eigenvalue weighted by Gasteiger charge is 2.32. The summed E-state index contributed by atoms with van der Waals surface area (Å²) in [5.41, 5.74) is 2.60. The van der Waals surface area contributed by atoms with Crippen LogP contribution in [0, 0.1) is 0 Å². The number of carboxylic acid groups (broad SMARTS) is 1. The van der Waals surface area contributed by atoms with Crippen molar-refractivity contribution in [2.45, 2.75) is 39.7 Å². The zero-order valence-corrected chi connectivity index (χ0v) is 27.3. The Morgan fingerprint density at radius 3 is 2.23 bits per heavy atom. The Bertz CT molecular complexity index is 1940. The zero-order chi connectivity index (χ0) is 34.5. The van der Waals surface area contributed by atoms with Crippen molar-refractivity contribution in [3.63, 3.8) is 0 Å². The molecule has 246 valence electrons. The first kappa shape index (κ1) is 34.2. The van der Waals surface area contributed by atoms with Crippen LogP contribution in [-0.4, -0.2) is 48.2 Å². The average Bonchev–Trinajstić information content (AvgIpc) is 3.03. The predicted molar refractivity (Wildman–Crippen MR) is 181 cm³/mol. The number of ether oxygens (including phenoxy) is 4. The summed E-state index contributed by atoms with van der Waals surface area (Å²) in [6, 6.07) is 11.2. The summed E-state index contributed by atoms with van der Waals surface area (Å²) >= 11 is 0. The Hall–Kier alpha value is -5.64. The van der Waals surface area contributed by atoms with Crippen LogP contribution in [0.5, 0.6) is 34.5 Å². The molecule has 0 saturated carbocycles. The Morgan fingerprint density at radius 1 is 0.957 bits per heavy atom. The highest BCUT2D eigenvalue weighted by atomic mass is 16.5. The number of aliphatic carboxylic acids is 1. The molecule has 0 radical (unpaired) electrons.